The number of carbonyl (C=O) groups excluding carboxylic acids is 4. The fourth-order valence-corrected chi connectivity index (χ4v) is 3.90. The first kappa shape index (κ1) is 22.7. The van der Waals surface area contributed by atoms with Gasteiger partial charge in [0.1, 0.15) is 12.6 Å². The molecule has 0 aromatic heterocycles. The molecule has 1 aliphatic heterocycles. The van der Waals surface area contributed by atoms with E-state index in [2.05, 4.69) is 5.32 Å². The summed E-state index contributed by atoms with van der Waals surface area (Å²) in [5.41, 5.74) is 1.93. The maximum atomic E-state index is 13.3. The number of urea groups is 1. The zero-order valence-electron chi connectivity index (χ0n) is 18.5. The van der Waals surface area contributed by atoms with Crippen molar-refractivity contribution in [2.24, 2.45) is 0 Å². The van der Waals surface area contributed by atoms with Crippen LogP contribution in [-0.2, 0) is 20.9 Å². The molecule has 1 heterocycles. The largest absolute Gasteiger partial charge is 0.465 e. The number of amides is 4. The van der Waals surface area contributed by atoms with Gasteiger partial charge in [0, 0.05) is 6.54 Å². The lowest BCUT2D eigenvalue weighted by Crippen LogP contribution is -2.39. The predicted molar refractivity (Wildman–Crippen MR) is 125 cm³/mol. The number of esters is 1. The van der Waals surface area contributed by atoms with Gasteiger partial charge in [0.15, 0.2) is 0 Å². The van der Waals surface area contributed by atoms with E-state index >= 15 is 0 Å². The number of hydrogen-bond donors (Lipinski definition) is 1. The van der Waals surface area contributed by atoms with E-state index in [0.717, 1.165) is 10.5 Å². The molecular weight excluding hydrogens is 434 g/mol. The van der Waals surface area contributed by atoms with E-state index in [1.54, 1.807) is 42.5 Å². The summed E-state index contributed by atoms with van der Waals surface area (Å²) >= 11 is 0. The number of carbonyl (C=O) groups is 4. The maximum Gasteiger partial charge on any atom is 0.339 e. The van der Waals surface area contributed by atoms with E-state index in [1.165, 1.54) is 18.1 Å². The molecule has 4 rings (SSSR count). The lowest BCUT2D eigenvalue weighted by atomic mass is 10.1. The minimum absolute atomic E-state index is 0.172. The summed E-state index contributed by atoms with van der Waals surface area (Å²) in [5.74, 6) is -1.70. The van der Waals surface area contributed by atoms with Gasteiger partial charge in [-0.05, 0) is 23.3 Å². The summed E-state index contributed by atoms with van der Waals surface area (Å²) in [7, 11) is 1.24. The van der Waals surface area contributed by atoms with E-state index < -0.39 is 36.4 Å². The van der Waals surface area contributed by atoms with Crippen LogP contribution < -0.4 is 5.32 Å². The maximum absolute atomic E-state index is 13.3. The number of nitrogens with zero attached hydrogens (tertiary/aromatic N) is 2. The average molecular weight is 457 g/mol. The van der Waals surface area contributed by atoms with Crippen molar-refractivity contribution in [3.63, 3.8) is 0 Å². The summed E-state index contributed by atoms with van der Waals surface area (Å²) in [6.07, 6.45) is 0. The van der Waals surface area contributed by atoms with Crippen LogP contribution in [0.2, 0.25) is 0 Å². The molecule has 0 bridgehead atoms. The van der Waals surface area contributed by atoms with Crippen molar-refractivity contribution in [2.75, 3.05) is 19.0 Å². The number of nitrogens with one attached hydrogen (secondary N) is 1. The molecule has 4 amide bonds. The Morgan fingerprint density at radius 1 is 0.882 bits per heavy atom. The van der Waals surface area contributed by atoms with Gasteiger partial charge in [-0.3, -0.25) is 14.5 Å². The first-order valence-electron chi connectivity index (χ1n) is 10.7. The second-order valence-electron chi connectivity index (χ2n) is 7.72. The van der Waals surface area contributed by atoms with Crippen LogP contribution in [0.1, 0.15) is 27.5 Å². The number of rotatable bonds is 7. The van der Waals surface area contributed by atoms with E-state index in [0.29, 0.717) is 5.56 Å². The van der Waals surface area contributed by atoms with Crippen molar-refractivity contribution in [3.05, 3.63) is 102 Å². The number of imide groups is 1. The van der Waals surface area contributed by atoms with Crippen LogP contribution in [0, 0.1) is 0 Å². The van der Waals surface area contributed by atoms with Gasteiger partial charge in [0.25, 0.3) is 5.91 Å². The van der Waals surface area contributed by atoms with Gasteiger partial charge in [-0.15, -0.1) is 0 Å². The number of ether oxygens (including phenoxy) is 1. The van der Waals surface area contributed by atoms with Gasteiger partial charge in [-0.2, -0.15) is 0 Å². The summed E-state index contributed by atoms with van der Waals surface area (Å²) in [5, 5.41) is 2.61. The zero-order valence-corrected chi connectivity index (χ0v) is 18.5. The minimum Gasteiger partial charge on any atom is -0.465 e. The quantitative estimate of drug-likeness (QED) is 0.432. The average Bonchev–Trinajstić information content (AvgIpc) is 3.09. The van der Waals surface area contributed by atoms with Gasteiger partial charge >= 0.3 is 12.0 Å². The van der Waals surface area contributed by atoms with Crippen molar-refractivity contribution in [1.82, 2.24) is 9.80 Å². The van der Waals surface area contributed by atoms with Crippen LogP contribution in [0.5, 0.6) is 0 Å². The second kappa shape index (κ2) is 9.99. The van der Waals surface area contributed by atoms with E-state index in [1.807, 2.05) is 36.4 Å². The van der Waals surface area contributed by atoms with Crippen LogP contribution in [0.15, 0.2) is 84.9 Å². The molecule has 8 nitrogen and oxygen atoms in total. The second-order valence-corrected chi connectivity index (χ2v) is 7.72. The molecule has 3 aromatic carbocycles. The fourth-order valence-electron chi connectivity index (χ4n) is 3.90. The molecule has 1 aliphatic rings. The molecule has 34 heavy (non-hydrogen) atoms. The number of para-hydroxylation sites is 1. The molecular formula is C26H23N3O5. The lowest BCUT2D eigenvalue weighted by molar-refractivity contribution is -0.131. The van der Waals surface area contributed by atoms with Gasteiger partial charge in [-0.25, -0.2) is 9.59 Å². The topological polar surface area (TPSA) is 96.0 Å². The minimum atomic E-state index is -0.843. The molecule has 3 aromatic rings. The predicted octanol–water partition coefficient (Wildman–Crippen LogP) is 3.62. The van der Waals surface area contributed by atoms with E-state index in [-0.39, 0.29) is 17.8 Å². The number of benzene rings is 3. The van der Waals surface area contributed by atoms with Crippen LogP contribution in [0.3, 0.4) is 0 Å². The third-order valence-electron chi connectivity index (χ3n) is 5.51. The molecule has 0 aliphatic carbocycles. The van der Waals surface area contributed by atoms with Crippen LogP contribution in [-0.4, -0.2) is 47.3 Å². The molecule has 0 saturated carbocycles. The van der Waals surface area contributed by atoms with Crippen molar-refractivity contribution >= 4 is 29.5 Å². The highest BCUT2D eigenvalue weighted by atomic mass is 16.5. The van der Waals surface area contributed by atoms with Crippen molar-refractivity contribution in [3.8, 4) is 0 Å². The first-order valence-corrected chi connectivity index (χ1v) is 10.7. The highest BCUT2D eigenvalue weighted by molar-refractivity contribution is 6.09. The molecule has 1 atom stereocenters. The SMILES string of the molecule is COC(=O)c1ccccc1NC(=O)CN1C(=O)[C@H](c2ccccc2)N(Cc2ccccc2)C1=O. The summed E-state index contributed by atoms with van der Waals surface area (Å²) in [6.45, 7) is -0.268. The van der Waals surface area contributed by atoms with Gasteiger partial charge < -0.3 is 15.0 Å². The van der Waals surface area contributed by atoms with E-state index in [9.17, 15) is 19.2 Å². The molecule has 0 radical (unpaired) electrons. The standard InChI is InChI=1S/C26H23N3O5/c1-34-25(32)20-14-8-9-15-21(20)27-22(30)17-29-24(31)23(19-12-6-3-7-13-19)28(26(29)33)16-18-10-4-2-5-11-18/h2-15,23H,16-17H2,1H3,(H,27,30)/t23-/m0/s1. The smallest absolute Gasteiger partial charge is 0.339 e. The Bertz CT molecular complexity index is 1210. The Hall–Kier alpha value is -4.46. The molecule has 172 valence electrons. The normalized spacial score (nSPS) is 15.4. The van der Waals surface area contributed by atoms with Crippen molar-refractivity contribution in [1.29, 1.82) is 0 Å². The zero-order chi connectivity index (χ0) is 24.1. The fraction of sp³-hybridized carbons (Fsp3) is 0.154. The molecule has 8 heteroatoms. The van der Waals surface area contributed by atoms with Crippen LogP contribution in [0.4, 0.5) is 10.5 Å². The first-order chi connectivity index (χ1) is 16.5. The lowest BCUT2D eigenvalue weighted by Gasteiger charge is -2.22. The van der Waals surface area contributed by atoms with Crippen LogP contribution >= 0.6 is 0 Å². The Morgan fingerprint density at radius 2 is 1.50 bits per heavy atom. The van der Waals surface area contributed by atoms with E-state index in [4.69, 9.17) is 4.74 Å². The molecule has 0 spiro atoms. The number of methoxy groups -OCH3 is 1. The Labute approximate surface area is 196 Å². The Kier molecular flexibility index (Phi) is 6.68. The summed E-state index contributed by atoms with van der Waals surface area (Å²) in [6, 6.07) is 23.3. The highest BCUT2D eigenvalue weighted by Crippen LogP contribution is 2.32. The van der Waals surface area contributed by atoms with Gasteiger partial charge in [0.05, 0.1) is 18.4 Å². The van der Waals surface area contributed by atoms with Crippen molar-refractivity contribution < 1.29 is 23.9 Å². The Balaban J connectivity index is 1.57. The molecule has 0 unspecified atom stereocenters. The molecule has 1 fully saturated rings. The molecule has 1 saturated heterocycles. The van der Waals surface area contributed by atoms with Gasteiger partial charge in [-0.1, -0.05) is 72.8 Å². The van der Waals surface area contributed by atoms with Gasteiger partial charge in [0.2, 0.25) is 5.91 Å². The number of anilines is 1. The third-order valence-corrected chi connectivity index (χ3v) is 5.51. The Morgan fingerprint density at radius 3 is 2.18 bits per heavy atom. The molecule has 1 N–H and O–H groups in total. The third kappa shape index (κ3) is 4.66. The summed E-state index contributed by atoms with van der Waals surface area (Å²) in [4.78, 5) is 53.8. The number of hydrogen-bond acceptors (Lipinski definition) is 5. The monoisotopic (exact) mass is 457 g/mol. The summed E-state index contributed by atoms with van der Waals surface area (Å²) < 4.78 is 4.74. The highest BCUT2D eigenvalue weighted by Gasteiger charge is 2.46. The van der Waals surface area contributed by atoms with Crippen LogP contribution in [0.25, 0.3) is 0 Å². The van der Waals surface area contributed by atoms with Crippen molar-refractivity contribution in [2.45, 2.75) is 12.6 Å².